The normalized spacial score (nSPS) is 16.0. The standard InChI is InChI=1S/C25H33N5O3.C24H30F3N5O2.C24H33N5O4S.C23H31N5O2/c1-3-4-10-33-25-27-23(26)22-12-21(32)16-30(24(22)28-25)15-20-7-5-6-19(11-20)14-29(17(2)31)13-18-8-9-18;1-2-3-8-34-23-29-21(28)20-12-19(33)15-32(22(20)30-23)14-17-9-16(13-31-6-4-5-7-31)10-18(11-17)24(25,26)27;1-3-4-10-33-24-26-22(25)21-12-20(30)16-28(23(21)27-24)13-18-6-5-7-19(11-18)15-29(34(2,31)32)14-17-8-9-17;1-2-3-9-30-23-26-21(24)20-11-19(29)15-28(22(20)27-23)14-18-6-4-5-17(10-18)13-25-12-16-7-8-16/h5-7,11,18H,3-4,8-10,12-16H2,1-2H3,(H2,26,27,28);9-11H,2-8,12-15H2,1H3,(H2,28,29,30);5-7,11,17H,3-4,8-10,12-16H2,1-2H3,(H2,25,26,27);4-6,10,16,25H,2-3,7-9,11-15H2,1H3,(H2,24,26,27). The Kier molecular flexibility index (Phi) is 33.8. The number of nitrogen functional groups attached to an aromatic ring is 4. The number of unbranched alkanes of at least 4 members (excludes halogenated alkanes) is 4. The maximum absolute atomic E-state index is 13.7. The van der Waals surface area contributed by atoms with Crippen molar-refractivity contribution in [1.82, 2.24) is 59.3 Å². The first kappa shape index (κ1) is 97.1. The average Bonchev–Trinajstić information content (AvgIpc) is 1.51. The molecule has 4 fully saturated rings. The Balaban J connectivity index is 0.000000149. The number of ether oxygens (including phenoxy) is 4. The van der Waals surface area contributed by atoms with Gasteiger partial charge in [0.2, 0.25) is 15.9 Å². The van der Waals surface area contributed by atoms with Crippen LogP contribution in [0.25, 0.3) is 0 Å². The molecule has 3 aliphatic carbocycles. The van der Waals surface area contributed by atoms with E-state index in [0.29, 0.717) is 159 Å². The van der Waals surface area contributed by atoms with E-state index in [9.17, 15) is 45.6 Å². The van der Waals surface area contributed by atoms with E-state index in [1.54, 1.807) is 22.2 Å². The van der Waals surface area contributed by atoms with Gasteiger partial charge in [0.25, 0.3) is 0 Å². The van der Waals surface area contributed by atoms with Crippen molar-refractivity contribution in [3.63, 3.8) is 0 Å². The summed E-state index contributed by atoms with van der Waals surface area (Å²) in [7, 11) is -3.29. The Morgan fingerprint density at radius 1 is 0.450 bits per heavy atom. The second-order valence-corrected chi connectivity index (χ2v) is 37.7. The fourth-order valence-electron chi connectivity index (χ4n) is 16.4. The van der Waals surface area contributed by atoms with Gasteiger partial charge in [-0.1, -0.05) is 132 Å². The third-order valence-electron chi connectivity index (χ3n) is 24.0. The fourth-order valence-corrected chi connectivity index (χ4v) is 17.3. The van der Waals surface area contributed by atoms with Crippen molar-refractivity contribution in [2.75, 3.05) is 134 Å². The van der Waals surface area contributed by atoms with Gasteiger partial charge in [-0.2, -0.15) is 57.3 Å². The van der Waals surface area contributed by atoms with Crippen LogP contribution in [0.3, 0.4) is 0 Å². The van der Waals surface area contributed by atoms with Crippen molar-refractivity contribution >= 4 is 85.6 Å². The number of carbonyl (C=O) groups excluding carboxylic acids is 5. The number of hydrogen-bond donors (Lipinski definition) is 5. The minimum atomic E-state index is -4.46. The van der Waals surface area contributed by atoms with Crippen LogP contribution in [0.1, 0.15) is 210 Å². The zero-order valence-electron chi connectivity index (χ0n) is 76.4. The molecule has 8 aromatic rings. The number of nitrogens with two attached hydrogens (primary N) is 4. The Labute approximate surface area is 766 Å². The lowest BCUT2D eigenvalue weighted by molar-refractivity contribution is -0.137. The number of likely N-dealkylation sites (tertiary alicyclic amines) is 1. The molecule has 0 spiro atoms. The van der Waals surface area contributed by atoms with Gasteiger partial charge >= 0.3 is 30.2 Å². The molecule has 9 heterocycles. The number of carbonyl (C=O) groups is 5. The predicted molar refractivity (Wildman–Crippen MR) is 498 cm³/mol. The van der Waals surface area contributed by atoms with E-state index in [4.69, 9.17) is 41.9 Å². The zero-order chi connectivity index (χ0) is 92.9. The molecule has 1 amide bonds. The van der Waals surface area contributed by atoms with E-state index in [1.165, 1.54) is 43.6 Å². The molecule has 5 aliphatic heterocycles. The summed E-state index contributed by atoms with van der Waals surface area (Å²) >= 11 is 0. The molecule has 704 valence electrons. The van der Waals surface area contributed by atoms with E-state index in [1.807, 2.05) is 69.0 Å². The molecule has 35 heteroatoms. The summed E-state index contributed by atoms with van der Waals surface area (Å²) in [6, 6.07) is 29.5. The van der Waals surface area contributed by atoms with E-state index in [0.717, 1.165) is 150 Å². The first-order chi connectivity index (χ1) is 63.0. The second kappa shape index (κ2) is 45.6. The van der Waals surface area contributed by atoms with Gasteiger partial charge in [0, 0.05) is 120 Å². The summed E-state index contributed by atoms with van der Waals surface area (Å²) in [4.78, 5) is 108. The first-order valence-electron chi connectivity index (χ1n) is 46.3. The molecular formula is C96H127F3N20O11S. The van der Waals surface area contributed by atoms with Crippen LogP contribution in [-0.2, 0) is 118 Å². The first-order valence-corrected chi connectivity index (χ1v) is 48.2. The number of nitrogens with one attached hydrogen (secondary N) is 1. The Morgan fingerprint density at radius 2 is 0.779 bits per heavy atom. The minimum Gasteiger partial charge on any atom is -0.463 e. The summed E-state index contributed by atoms with van der Waals surface area (Å²) in [6.07, 6.45) is 14.6. The summed E-state index contributed by atoms with van der Waals surface area (Å²) < 4.78 is 89.7. The number of hydrogen-bond acceptors (Lipinski definition) is 29. The molecule has 4 aromatic heterocycles. The highest BCUT2D eigenvalue weighted by Gasteiger charge is 2.37. The third-order valence-corrected chi connectivity index (χ3v) is 25.2. The van der Waals surface area contributed by atoms with E-state index in [2.05, 4.69) is 101 Å². The zero-order valence-corrected chi connectivity index (χ0v) is 77.3. The maximum Gasteiger partial charge on any atom is 0.416 e. The fraction of sp³-hybridized carbons (Fsp3) is 0.531. The van der Waals surface area contributed by atoms with Crippen molar-refractivity contribution < 1.29 is 64.5 Å². The number of anilines is 8. The van der Waals surface area contributed by atoms with Gasteiger partial charge in [0.15, 0.2) is 23.1 Å². The molecule has 0 unspecified atom stereocenters. The average molecular weight is 1830 g/mol. The lowest BCUT2D eigenvalue weighted by Gasteiger charge is -2.30. The van der Waals surface area contributed by atoms with E-state index in [-0.39, 0.29) is 117 Å². The van der Waals surface area contributed by atoms with E-state index >= 15 is 0 Å². The lowest BCUT2D eigenvalue weighted by Crippen LogP contribution is -2.37. The lowest BCUT2D eigenvalue weighted by atomic mass is 10.0. The third kappa shape index (κ3) is 28.8. The van der Waals surface area contributed by atoms with Crippen molar-refractivity contribution in [1.29, 1.82) is 0 Å². The number of ketones is 4. The van der Waals surface area contributed by atoms with Crippen LogP contribution in [0.5, 0.6) is 24.0 Å². The highest BCUT2D eigenvalue weighted by Crippen LogP contribution is 2.39. The molecule has 3 saturated carbocycles. The highest BCUT2D eigenvalue weighted by atomic mass is 32.2. The van der Waals surface area contributed by atoms with Crippen LogP contribution in [0.15, 0.2) is 91.0 Å². The smallest absolute Gasteiger partial charge is 0.416 e. The largest absolute Gasteiger partial charge is 0.463 e. The molecular weight excluding hydrogens is 1700 g/mol. The van der Waals surface area contributed by atoms with Gasteiger partial charge in [0.1, 0.15) is 46.5 Å². The van der Waals surface area contributed by atoms with Gasteiger partial charge in [-0.25, -0.2) is 8.42 Å². The molecule has 4 aromatic carbocycles. The molecule has 131 heavy (non-hydrogen) atoms. The molecule has 0 bridgehead atoms. The van der Waals surface area contributed by atoms with Crippen molar-refractivity contribution in [2.45, 2.75) is 222 Å². The van der Waals surface area contributed by atoms with Crippen LogP contribution in [0.4, 0.5) is 59.7 Å². The summed E-state index contributed by atoms with van der Waals surface area (Å²) in [6.45, 7) is 21.0. The summed E-state index contributed by atoms with van der Waals surface area (Å²) in [5.41, 5.74) is 33.9. The van der Waals surface area contributed by atoms with Crippen LogP contribution < -0.4 is 66.8 Å². The van der Waals surface area contributed by atoms with Crippen molar-refractivity contribution in [2.24, 2.45) is 17.8 Å². The maximum atomic E-state index is 13.7. The van der Waals surface area contributed by atoms with Gasteiger partial charge in [-0.3, -0.25) is 28.9 Å². The molecule has 9 N–H and O–H groups in total. The number of fused-ring (bicyclic) bond motifs is 4. The Hall–Kier alpha value is -11.4. The predicted octanol–water partition coefficient (Wildman–Crippen LogP) is 12.5. The SMILES string of the molecule is CCCCOc1nc(N)c2c(n1)N(Cc1cc(CN3CCCC3)cc(C(F)(F)F)c1)CC(=O)C2.CCCCOc1nc(N)c2c(n1)N(Cc1cccc(CN(CC3CC3)C(C)=O)c1)CC(=O)C2.CCCCOc1nc(N)c2c(n1)N(Cc1cccc(CN(CC3CC3)S(C)(=O)=O)c1)CC(=O)C2.CCCCOc1nc(N)c2c(n1)N(Cc1cccc(CNCC3CC3)c1)CC(=O)C2. The van der Waals surface area contributed by atoms with Gasteiger partial charge < -0.3 is 71.7 Å². The molecule has 8 aliphatic rings. The van der Waals surface area contributed by atoms with Gasteiger partial charge in [-0.15, -0.1) is 0 Å². The topological polar surface area (TPSA) is 398 Å². The number of benzene rings is 4. The molecule has 0 radical (unpaired) electrons. The van der Waals surface area contributed by atoms with Crippen molar-refractivity contribution in [3.05, 3.63) is 163 Å². The van der Waals surface area contributed by atoms with Gasteiger partial charge in [0.05, 0.1) is 64.4 Å². The highest BCUT2D eigenvalue weighted by molar-refractivity contribution is 7.88. The number of aromatic nitrogens is 8. The second-order valence-electron chi connectivity index (χ2n) is 35.8. The Bertz CT molecular complexity index is 5420. The molecule has 1 saturated heterocycles. The van der Waals surface area contributed by atoms with Gasteiger partial charge in [-0.05, 0) is 171 Å². The number of nitrogens with zero attached hydrogens (tertiary/aromatic N) is 15. The van der Waals surface area contributed by atoms with Crippen LogP contribution in [0, 0.1) is 17.8 Å². The number of alkyl halides is 3. The Morgan fingerprint density at radius 3 is 1.13 bits per heavy atom. The number of Topliss-reactive ketones (excluding diaryl/α,β-unsaturated/α-hetero) is 4. The number of sulfonamides is 1. The van der Waals surface area contributed by atoms with E-state index < -0.39 is 21.8 Å². The summed E-state index contributed by atoms with van der Waals surface area (Å²) in [5.74, 6) is 5.75. The minimum absolute atomic E-state index is 0.0373. The molecule has 0 atom stereocenters. The van der Waals surface area contributed by atoms with Crippen molar-refractivity contribution in [3.8, 4) is 24.0 Å². The van der Waals surface area contributed by atoms with Crippen LogP contribution >= 0.6 is 0 Å². The number of halogens is 3. The number of rotatable bonds is 39. The van der Waals surface area contributed by atoms with Crippen LogP contribution in [-0.4, -0.2) is 183 Å². The quantitative estimate of drug-likeness (QED) is 0.0223. The van der Waals surface area contributed by atoms with Crippen LogP contribution in [0.2, 0.25) is 0 Å². The monoisotopic (exact) mass is 1820 g/mol. The number of amides is 1. The molecule has 16 rings (SSSR count). The molecule has 31 nitrogen and oxygen atoms in total. The summed E-state index contributed by atoms with van der Waals surface area (Å²) in [5, 5.41) is 3.54.